The summed E-state index contributed by atoms with van der Waals surface area (Å²) in [6, 6.07) is 4.75. The van der Waals surface area contributed by atoms with E-state index in [4.69, 9.17) is 9.47 Å². The molecule has 0 N–H and O–H groups in total. The van der Waals surface area contributed by atoms with Crippen LogP contribution in [0.3, 0.4) is 0 Å². The SMILES string of the molecule is CCN(C(=O)[C@H](C)OC(=O)c1cc(C)ccc1OC)[C@H]1CCS(=O)(=O)C1. The Labute approximate surface area is 154 Å². The Bertz CT molecular complexity index is 789. The van der Waals surface area contributed by atoms with Crippen molar-refractivity contribution in [1.82, 2.24) is 4.90 Å². The van der Waals surface area contributed by atoms with E-state index in [1.807, 2.05) is 13.0 Å². The summed E-state index contributed by atoms with van der Waals surface area (Å²) in [5.74, 6) is -0.639. The highest BCUT2D eigenvalue weighted by atomic mass is 32.2. The molecule has 1 aliphatic heterocycles. The fourth-order valence-electron chi connectivity index (χ4n) is 3.10. The first-order valence-corrected chi connectivity index (χ1v) is 10.4. The molecule has 0 saturated carbocycles. The Kier molecular flexibility index (Phi) is 6.28. The van der Waals surface area contributed by atoms with Gasteiger partial charge >= 0.3 is 5.97 Å². The van der Waals surface area contributed by atoms with Crippen LogP contribution in [0, 0.1) is 6.92 Å². The molecule has 0 unspecified atom stereocenters. The first-order valence-electron chi connectivity index (χ1n) is 8.55. The highest BCUT2D eigenvalue weighted by Crippen LogP contribution is 2.22. The van der Waals surface area contributed by atoms with Crippen molar-refractivity contribution in [2.75, 3.05) is 25.2 Å². The third-order valence-corrected chi connectivity index (χ3v) is 6.23. The normalized spacial score (nSPS) is 19.6. The van der Waals surface area contributed by atoms with Crippen LogP contribution in [0.15, 0.2) is 18.2 Å². The van der Waals surface area contributed by atoms with Crippen LogP contribution in [-0.2, 0) is 19.4 Å². The molecule has 0 bridgehead atoms. The molecule has 0 radical (unpaired) electrons. The Hall–Kier alpha value is -2.09. The first-order chi connectivity index (χ1) is 12.2. The van der Waals surface area contributed by atoms with Crippen LogP contribution in [0.2, 0.25) is 0 Å². The third kappa shape index (κ3) is 4.55. The molecule has 1 aromatic rings. The van der Waals surface area contributed by atoms with Gasteiger partial charge in [0.15, 0.2) is 15.9 Å². The molecule has 1 amide bonds. The van der Waals surface area contributed by atoms with Crippen molar-refractivity contribution in [3.8, 4) is 5.75 Å². The third-order valence-electron chi connectivity index (χ3n) is 4.48. The molecule has 0 spiro atoms. The molecule has 26 heavy (non-hydrogen) atoms. The predicted molar refractivity (Wildman–Crippen MR) is 97.1 cm³/mol. The first kappa shape index (κ1) is 20.2. The van der Waals surface area contributed by atoms with Crippen LogP contribution >= 0.6 is 0 Å². The average molecular weight is 383 g/mol. The lowest BCUT2D eigenvalue weighted by atomic mass is 10.1. The smallest absolute Gasteiger partial charge is 0.342 e. The average Bonchev–Trinajstić information content (AvgIpc) is 2.94. The van der Waals surface area contributed by atoms with Crippen molar-refractivity contribution in [3.63, 3.8) is 0 Å². The van der Waals surface area contributed by atoms with E-state index in [0.29, 0.717) is 18.7 Å². The van der Waals surface area contributed by atoms with Crippen LogP contribution in [0.1, 0.15) is 36.2 Å². The van der Waals surface area contributed by atoms with Crippen LogP contribution < -0.4 is 4.74 Å². The molecule has 2 atom stereocenters. The topological polar surface area (TPSA) is 90.0 Å². The van der Waals surface area contributed by atoms with Crippen molar-refractivity contribution in [2.24, 2.45) is 0 Å². The van der Waals surface area contributed by atoms with Gasteiger partial charge in [-0.2, -0.15) is 0 Å². The van der Waals surface area contributed by atoms with Gasteiger partial charge in [-0.15, -0.1) is 0 Å². The molecule has 1 heterocycles. The zero-order valence-corrected chi connectivity index (χ0v) is 16.3. The second kappa shape index (κ2) is 8.07. The number of ether oxygens (including phenoxy) is 2. The molecule has 1 aromatic carbocycles. The Morgan fingerprint density at radius 3 is 2.58 bits per heavy atom. The van der Waals surface area contributed by atoms with Gasteiger partial charge in [0.05, 0.1) is 18.6 Å². The Morgan fingerprint density at radius 1 is 1.35 bits per heavy atom. The number of amides is 1. The summed E-state index contributed by atoms with van der Waals surface area (Å²) in [5, 5.41) is 0. The van der Waals surface area contributed by atoms with Crippen LogP contribution in [0.4, 0.5) is 0 Å². The number of rotatable bonds is 6. The second-order valence-corrected chi connectivity index (χ2v) is 8.66. The van der Waals surface area contributed by atoms with Gasteiger partial charge in [-0.25, -0.2) is 13.2 Å². The fourth-order valence-corrected chi connectivity index (χ4v) is 4.84. The second-order valence-electron chi connectivity index (χ2n) is 6.43. The van der Waals surface area contributed by atoms with Gasteiger partial charge in [0.25, 0.3) is 5.91 Å². The number of likely N-dealkylation sites (N-methyl/N-ethyl adjacent to an activating group) is 1. The Morgan fingerprint density at radius 2 is 2.04 bits per heavy atom. The standard InChI is InChI=1S/C18H25NO6S/c1-5-19(14-8-9-26(22,23)11-14)17(20)13(3)25-18(21)15-10-12(2)6-7-16(15)24-4/h6-7,10,13-14H,5,8-9,11H2,1-4H3/t13-,14-/m0/s1. The summed E-state index contributed by atoms with van der Waals surface area (Å²) < 4.78 is 33.9. The van der Waals surface area contributed by atoms with Crippen molar-refractivity contribution in [3.05, 3.63) is 29.3 Å². The van der Waals surface area contributed by atoms with Gasteiger partial charge in [0.1, 0.15) is 11.3 Å². The largest absolute Gasteiger partial charge is 0.496 e. The number of sulfone groups is 1. The minimum atomic E-state index is -3.11. The lowest BCUT2D eigenvalue weighted by molar-refractivity contribution is -0.141. The number of hydrogen-bond donors (Lipinski definition) is 0. The Balaban J connectivity index is 2.10. The summed E-state index contributed by atoms with van der Waals surface area (Å²) in [5.41, 5.74) is 1.11. The van der Waals surface area contributed by atoms with Crippen LogP contribution in [0.25, 0.3) is 0 Å². The van der Waals surface area contributed by atoms with Gasteiger partial charge in [-0.1, -0.05) is 11.6 Å². The molecule has 144 valence electrons. The zero-order chi connectivity index (χ0) is 19.5. The number of aryl methyl sites for hydroxylation is 1. The van der Waals surface area contributed by atoms with E-state index in [2.05, 4.69) is 0 Å². The van der Waals surface area contributed by atoms with Gasteiger partial charge in [-0.3, -0.25) is 4.79 Å². The van der Waals surface area contributed by atoms with Gasteiger partial charge < -0.3 is 14.4 Å². The van der Waals surface area contributed by atoms with Crippen molar-refractivity contribution in [2.45, 2.75) is 39.3 Å². The number of methoxy groups -OCH3 is 1. The van der Waals surface area contributed by atoms with E-state index >= 15 is 0 Å². The maximum absolute atomic E-state index is 12.7. The summed E-state index contributed by atoms with van der Waals surface area (Å²) >= 11 is 0. The fraction of sp³-hybridized carbons (Fsp3) is 0.556. The number of carbonyl (C=O) groups is 2. The summed E-state index contributed by atoms with van der Waals surface area (Å²) in [6.07, 6.45) is -0.607. The lowest BCUT2D eigenvalue weighted by Gasteiger charge is -2.29. The van der Waals surface area contributed by atoms with E-state index in [0.717, 1.165) is 5.56 Å². The van der Waals surface area contributed by atoms with Gasteiger partial charge in [0.2, 0.25) is 0 Å². The highest BCUT2D eigenvalue weighted by Gasteiger charge is 2.36. The summed E-state index contributed by atoms with van der Waals surface area (Å²) in [7, 11) is -1.65. The van der Waals surface area contributed by atoms with E-state index in [1.54, 1.807) is 19.1 Å². The minimum absolute atomic E-state index is 0.0427. The van der Waals surface area contributed by atoms with Crippen molar-refractivity contribution < 1.29 is 27.5 Å². The predicted octanol–water partition coefficient (Wildman–Crippen LogP) is 1.58. The molecule has 0 aromatic heterocycles. The molecule has 2 rings (SSSR count). The maximum atomic E-state index is 12.7. The lowest BCUT2D eigenvalue weighted by Crippen LogP contribution is -2.46. The quantitative estimate of drug-likeness (QED) is 0.693. The molecule has 1 saturated heterocycles. The monoisotopic (exact) mass is 383 g/mol. The number of nitrogens with zero attached hydrogens (tertiary/aromatic N) is 1. The zero-order valence-electron chi connectivity index (χ0n) is 15.5. The van der Waals surface area contributed by atoms with Crippen LogP contribution in [-0.4, -0.2) is 62.5 Å². The molecule has 1 aliphatic rings. The summed E-state index contributed by atoms with van der Waals surface area (Å²) in [6.45, 7) is 5.47. The number of esters is 1. The van der Waals surface area contributed by atoms with Gasteiger partial charge in [0, 0.05) is 12.6 Å². The van der Waals surface area contributed by atoms with Gasteiger partial charge in [-0.05, 0) is 39.3 Å². The molecule has 1 fully saturated rings. The molecule has 7 nitrogen and oxygen atoms in total. The highest BCUT2D eigenvalue weighted by molar-refractivity contribution is 7.91. The van der Waals surface area contributed by atoms with Crippen molar-refractivity contribution in [1.29, 1.82) is 0 Å². The van der Waals surface area contributed by atoms with Crippen molar-refractivity contribution >= 4 is 21.7 Å². The number of hydrogen-bond acceptors (Lipinski definition) is 6. The number of benzene rings is 1. The van der Waals surface area contributed by atoms with E-state index < -0.39 is 27.8 Å². The molecule has 0 aliphatic carbocycles. The van der Waals surface area contributed by atoms with E-state index in [-0.39, 0.29) is 23.1 Å². The molecular weight excluding hydrogens is 358 g/mol. The van der Waals surface area contributed by atoms with E-state index in [9.17, 15) is 18.0 Å². The minimum Gasteiger partial charge on any atom is -0.496 e. The molecule has 8 heteroatoms. The number of carbonyl (C=O) groups excluding carboxylic acids is 2. The molecular formula is C18H25NO6S. The summed E-state index contributed by atoms with van der Waals surface area (Å²) in [4.78, 5) is 26.6. The van der Waals surface area contributed by atoms with E-state index in [1.165, 1.54) is 18.9 Å². The van der Waals surface area contributed by atoms with Crippen LogP contribution in [0.5, 0.6) is 5.75 Å². The maximum Gasteiger partial charge on any atom is 0.342 e.